The SMILES string of the molecule is CCCCC[C@H]1CCC2C(CCC3C[C@@](C#N)(CCCC)CCC32)C1. The molecule has 0 heterocycles. The highest BCUT2D eigenvalue weighted by molar-refractivity contribution is 5.06. The zero-order chi connectivity index (χ0) is 17.7. The Morgan fingerprint density at radius 3 is 2.40 bits per heavy atom. The summed E-state index contributed by atoms with van der Waals surface area (Å²) < 4.78 is 0. The topological polar surface area (TPSA) is 23.8 Å². The minimum absolute atomic E-state index is 0.0430. The molecule has 1 nitrogen and oxygen atoms in total. The summed E-state index contributed by atoms with van der Waals surface area (Å²) in [6.07, 6.45) is 20.7. The number of nitrogens with zero attached hydrogens (tertiary/aromatic N) is 1. The van der Waals surface area contributed by atoms with Gasteiger partial charge < -0.3 is 0 Å². The van der Waals surface area contributed by atoms with Gasteiger partial charge in [0, 0.05) is 0 Å². The van der Waals surface area contributed by atoms with Crippen molar-refractivity contribution >= 4 is 0 Å². The van der Waals surface area contributed by atoms with Crippen LogP contribution in [0.4, 0.5) is 0 Å². The summed E-state index contributed by atoms with van der Waals surface area (Å²) in [5.41, 5.74) is 0.0430. The maximum absolute atomic E-state index is 9.88. The molecule has 3 rings (SSSR count). The molecule has 3 fully saturated rings. The highest BCUT2D eigenvalue weighted by Gasteiger charge is 2.48. The van der Waals surface area contributed by atoms with Gasteiger partial charge in [-0.15, -0.1) is 0 Å². The van der Waals surface area contributed by atoms with Crippen molar-refractivity contribution in [1.82, 2.24) is 0 Å². The van der Waals surface area contributed by atoms with E-state index in [1.54, 1.807) is 0 Å². The van der Waals surface area contributed by atoms with Gasteiger partial charge in [0.25, 0.3) is 0 Å². The van der Waals surface area contributed by atoms with Crippen LogP contribution in [0, 0.1) is 46.3 Å². The first-order valence-electron chi connectivity index (χ1n) is 11.6. The first-order chi connectivity index (χ1) is 12.2. The van der Waals surface area contributed by atoms with Crippen molar-refractivity contribution < 1.29 is 0 Å². The van der Waals surface area contributed by atoms with Gasteiger partial charge in [0.05, 0.1) is 11.5 Å². The average Bonchev–Trinajstić information content (AvgIpc) is 2.66. The number of fused-ring (bicyclic) bond motifs is 3. The third kappa shape index (κ3) is 4.43. The monoisotopic (exact) mass is 343 g/mol. The maximum atomic E-state index is 9.88. The Labute approximate surface area is 157 Å². The molecule has 0 aromatic heterocycles. The van der Waals surface area contributed by atoms with E-state index in [0.717, 1.165) is 36.0 Å². The summed E-state index contributed by atoms with van der Waals surface area (Å²) in [7, 11) is 0. The zero-order valence-electron chi connectivity index (χ0n) is 16.9. The van der Waals surface area contributed by atoms with Gasteiger partial charge >= 0.3 is 0 Å². The minimum Gasteiger partial charge on any atom is -0.198 e. The molecule has 0 bridgehead atoms. The van der Waals surface area contributed by atoms with Crippen LogP contribution in [0.2, 0.25) is 0 Å². The van der Waals surface area contributed by atoms with E-state index < -0.39 is 0 Å². The summed E-state index contributed by atoms with van der Waals surface area (Å²) in [5.74, 6) is 4.94. The van der Waals surface area contributed by atoms with Crippen molar-refractivity contribution in [2.45, 2.75) is 110 Å². The summed E-state index contributed by atoms with van der Waals surface area (Å²) in [5, 5.41) is 9.88. The molecule has 0 aromatic carbocycles. The molecular weight excluding hydrogens is 302 g/mol. The quantitative estimate of drug-likeness (QED) is 0.439. The van der Waals surface area contributed by atoms with Gasteiger partial charge in [0.15, 0.2) is 0 Å². The molecule has 0 radical (unpaired) electrons. The smallest absolute Gasteiger partial charge is 0.0689 e. The Balaban J connectivity index is 1.55. The molecule has 25 heavy (non-hydrogen) atoms. The molecule has 0 spiro atoms. The first-order valence-corrected chi connectivity index (χ1v) is 11.6. The van der Waals surface area contributed by atoms with Gasteiger partial charge in [0.1, 0.15) is 0 Å². The molecule has 0 N–H and O–H groups in total. The second-order valence-electron chi connectivity index (χ2n) is 9.84. The molecule has 0 amide bonds. The fourth-order valence-electron chi connectivity index (χ4n) is 6.87. The fraction of sp³-hybridized carbons (Fsp3) is 0.958. The number of hydrogen-bond acceptors (Lipinski definition) is 1. The lowest BCUT2D eigenvalue weighted by Crippen LogP contribution is -2.44. The van der Waals surface area contributed by atoms with Gasteiger partial charge in [-0.1, -0.05) is 58.8 Å². The van der Waals surface area contributed by atoms with E-state index in [-0.39, 0.29) is 5.41 Å². The summed E-state index contributed by atoms with van der Waals surface area (Å²) >= 11 is 0. The van der Waals surface area contributed by atoms with E-state index >= 15 is 0 Å². The van der Waals surface area contributed by atoms with Crippen LogP contribution < -0.4 is 0 Å². The van der Waals surface area contributed by atoms with Crippen LogP contribution in [0.1, 0.15) is 110 Å². The van der Waals surface area contributed by atoms with Crippen molar-refractivity contribution in [3.63, 3.8) is 0 Å². The molecule has 3 saturated carbocycles. The standard InChI is InChI=1S/C24H41N/c1-3-5-7-8-19-9-12-22-20(16-19)10-11-21-17-24(18-25,14-6-4-2)15-13-23(21)22/h19-23H,3-17H2,1-2H3/t19-,20?,21?,22?,23?,24+/m0/s1. The van der Waals surface area contributed by atoms with E-state index in [1.165, 1.54) is 89.9 Å². The van der Waals surface area contributed by atoms with Crippen molar-refractivity contribution in [2.75, 3.05) is 0 Å². The second kappa shape index (κ2) is 8.92. The van der Waals surface area contributed by atoms with E-state index in [2.05, 4.69) is 19.9 Å². The van der Waals surface area contributed by atoms with Crippen LogP contribution in [0.3, 0.4) is 0 Å². The normalized spacial score (nSPS) is 40.8. The van der Waals surface area contributed by atoms with Crippen LogP contribution in [0.5, 0.6) is 0 Å². The van der Waals surface area contributed by atoms with Gasteiger partial charge in [0.2, 0.25) is 0 Å². The van der Waals surface area contributed by atoms with E-state index in [9.17, 15) is 5.26 Å². The summed E-state index contributed by atoms with van der Waals surface area (Å²) in [4.78, 5) is 0. The number of nitriles is 1. The predicted molar refractivity (Wildman–Crippen MR) is 106 cm³/mol. The molecule has 0 saturated heterocycles. The third-order valence-electron chi connectivity index (χ3n) is 8.28. The van der Waals surface area contributed by atoms with Crippen LogP contribution >= 0.6 is 0 Å². The fourth-order valence-corrected chi connectivity index (χ4v) is 6.87. The molecule has 142 valence electrons. The molecule has 1 heteroatoms. The lowest BCUT2D eigenvalue weighted by Gasteiger charge is -2.52. The van der Waals surface area contributed by atoms with E-state index in [1.807, 2.05) is 0 Å². The average molecular weight is 344 g/mol. The predicted octanol–water partition coefficient (Wildman–Crippen LogP) is 7.51. The Morgan fingerprint density at radius 1 is 0.880 bits per heavy atom. The third-order valence-corrected chi connectivity index (χ3v) is 8.28. The molecule has 6 atom stereocenters. The molecule has 0 aromatic rings. The van der Waals surface area contributed by atoms with Gasteiger partial charge in [-0.2, -0.15) is 5.26 Å². The van der Waals surface area contributed by atoms with E-state index in [4.69, 9.17) is 0 Å². The Hall–Kier alpha value is -0.510. The summed E-state index contributed by atoms with van der Waals surface area (Å²) in [6, 6.07) is 2.79. The number of hydrogen-bond donors (Lipinski definition) is 0. The van der Waals surface area contributed by atoms with Gasteiger partial charge in [-0.25, -0.2) is 0 Å². The lowest BCUT2D eigenvalue weighted by atomic mass is 9.52. The van der Waals surface area contributed by atoms with Gasteiger partial charge in [-0.3, -0.25) is 0 Å². The molecule has 3 aliphatic carbocycles. The number of unbranched alkanes of at least 4 members (excludes halogenated alkanes) is 3. The molecule has 0 aliphatic heterocycles. The maximum Gasteiger partial charge on any atom is 0.0689 e. The highest BCUT2D eigenvalue weighted by atomic mass is 14.5. The lowest BCUT2D eigenvalue weighted by molar-refractivity contribution is -0.0181. The van der Waals surface area contributed by atoms with Crippen LogP contribution in [0.15, 0.2) is 0 Å². The van der Waals surface area contributed by atoms with Crippen molar-refractivity contribution in [3.05, 3.63) is 0 Å². The molecular formula is C24H41N. The van der Waals surface area contributed by atoms with Crippen LogP contribution in [0.25, 0.3) is 0 Å². The zero-order valence-corrected chi connectivity index (χ0v) is 16.9. The van der Waals surface area contributed by atoms with Crippen molar-refractivity contribution in [2.24, 2.45) is 35.0 Å². The largest absolute Gasteiger partial charge is 0.198 e. The highest BCUT2D eigenvalue weighted by Crippen LogP contribution is 2.57. The van der Waals surface area contributed by atoms with Crippen LogP contribution in [-0.4, -0.2) is 0 Å². The van der Waals surface area contributed by atoms with Crippen molar-refractivity contribution in [1.29, 1.82) is 5.26 Å². The minimum atomic E-state index is 0.0430. The second-order valence-corrected chi connectivity index (χ2v) is 9.84. The Bertz CT molecular complexity index is 450. The summed E-state index contributed by atoms with van der Waals surface area (Å²) in [6.45, 7) is 4.59. The number of rotatable bonds is 7. The van der Waals surface area contributed by atoms with Crippen LogP contribution in [-0.2, 0) is 0 Å². The first kappa shape index (κ1) is 19.3. The molecule has 4 unspecified atom stereocenters. The molecule has 3 aliphatic rings. The van der Waals surface area contributed by atoms with Crippen molar-refractivity contribution in [3.8, 4) is 6.07 Å². The van der Waals surface area contributed by atoms with E-state index in [0.29, 0.717) is 0 Å². The Kier molecular flexibility index (Phi) is 6.87. The Morgan fingerprint density at radius 2 is 1.64 bits per heavy atom. The van der Waals surface area contributed by atoms with Gasteiger partial charge in [-0.05, 0) is 81.0 Å².